The summed E-state index contributed by atoms with van der Waals surface area (Å²) in [5.41, 5.74) is 6.65. The zero-order valence-corrected chi connectivity index (χ0v) is 11.2. The maximum atomic E-state index is 9.63. The molecular weight excluding hydrogens is 232 g/mol. The van der Waals surface area contributed by atoms with Gasteiger partial charge in [-0.25, -0.2) is 0 Å². The van der Waals surface area contributed by atoms with Crippen molar-refractivity contribution in [1.82, 2.24) is 0 Å². The third-order valence-electron chi connectivity index (χ3n) is 3.94. The van der Waals surface area contributed by atoms with Gasteiger partial charge in [-0.05, 0) is 66.2 Å². The quantitative estimate of drug-likeness (QED) is 0.780. The van der Waals surface area contributed by atoms with Gasteiger partial charge in [-0.3, -0.25) is 0 Å². The Labute approximate surface area is 114 Å². The minimum Gasteiger partial charge on any atom is -0.508 e. The van der Waals surface area contributed by atoms with Gasteiger partial charge >= 0.3 is 0 Å². The smallest absolute Gasteiger partial charge is 0.115 e. The highest BCUT2D eigenvalue weighted by atomic mass is 16.3. The lowest BCUT2D eigenvalue weighted by Gasteiger charge is -2.11. The highest BCUT2D eigenvalue weighted by Crippen LogP contribution is 2.36. The van der Waals surface area contributed by atoms with Crippen molar-refractivity contribution in [2.24, 2.45) is 0 Å². The molecule has 0 amide bonds. The van der Waals surface area contributed by atoms with Crippen LogP contribution in [0.2, 0.25) is 0 Å². The number of benzene rings is 2. The van der Waals surface area contributed by atoms with Crippen molar-refractivity contribution in [2.45, 2.75) is 26.2 Å². The number of allylic oxidation sites excluding steroid dienone is 2. The Bertz CT molecular complexity index is 623. The van der Waals surface area contributed by atoms with Gasteiger partial charge in [-0.2, -0.15) is 0 Å². The molecule has 3 rings (SSSR count). The number of fused-ring (bicyclic) bond motifs is 1. The minimum atomic E-state index is 0.370. The van der Waals surface area contributed by atoms with Crippen LogP contribution in [0.1, 0.15) is 36.5 Å². The monoisotopic (exact) mass is 250 g/mol. The van der Waals surface area contributed by atoms with Crippen molar-refractivity contribution in [3.05, 3.63) is 65.2 Å². The van der Waals surface area contributed by atoms with Crippen LogP contribution in [-0.2, 0) is 6.42 Å². The van der Waals surface area contributed by atoms with Crippen molar-refractivity contribution >= 4 is 11.1 Å². The molecule has 0 aromatic heterocycles. The van der Waals surface area contributed by atoms with Crippen LogP contribution >= 0.6 is 0 Å². The highest BCUT2D eigenvalue weighted by molar-refractivity contribution is 5.91. The summed E-state index contributed by atoms with van der Waals surface area (Å²) >= 11 is 0. The maximum absolute atomic E-state index is 9.63. The standard InChI is InChI=1S/C18H18O/c1-13-17(14-6-3-2-4-7-14)9-5-8-15-12-16(19)10-11-18(13)15/h2-4,6-7,10-12,19H,5,8-9H2,1H3. The molecule has 0 radical (unpaired) electrons. The summed E-state index contributed by atoms with van der Waals surface area (Å²) in [7, 11) is 0. The second kappa shape index (κ2) is 4.93. The van der Waals surface area contributed by atoms with Crippen molar-refractivity contribution in [2.75, 3.05) is 0 Å². The number of aryl methyl sites for hydroxylation is 1. The molecule has 0 fully saturated rings. The van der Waals surface area contributed by atoms with E-state index in [0.29, 0.717) is 5.75 Å². The lowest BCUT2D eigenvalue weighted by Crippen LogP contribution is -1.90. The minimum absolute atomic E-state index is 0.370. The maximum Gasteiger partial charge on any atom is 0.115 e. The van der Waals surface area contributed by atoms with Crippen LogP contribution in [0.25, 0.3) is 11.1 Å². The van der Waals surface area contributed by atoms with Crippen LogP contribution < -0.4 is 0 Å². The van der Waals surface area contributed by atoms with E-state index in [2.05, 4.69) is 37.3 Å². The lowest BCUT2D eigenvalue weighted by molar-refractivity contribution is 0.474. The molecule has 1 heteroatoms. The molecule has 96 valence electrons. The third-order valence-corrected chi connectivity index (χ3v) is 3.94. The molecule has 1 nitrogen and oxygen atoms in total. The molecule has 1 aliphatic rings. The lowest BCUT2D eigenvalue weighted by atomic mass is 9.94. The van der Waals surface area contributed by atoms with E-state index in [0.717, 1.165) is 19.3 Å². The van der Waals surface area contributed by atoms with Gasteiger partial charge in [0, 0.05) is 0 Å². The van der Waals surface area contributed by atoms with Gasteiger partial charge in [-0.15, -0.1) is 0 Å². The number of phenolic OH excluding ortho intramolecular Hbond substituents is 1. The number of phenols is 1. The SMILES string of the molecule is CC1=C(c2ccccc2)CCCc2cc(O)ccc21. The molecule has 2 aromatic rings. The van der Waals surface area contributed by atoms with E-state index in [1.807, 2.05) is 12.1 Å². The second-order valence-corrected chi connectivity index (χ2v) is 5.16. The fraction of sp³-hybridized carbons (Fsp3) is 0.222. The van der Waals surface area contributed by atoms with Crippen molar-refractivity contribution in [1.29, 1.82) is 0 Å². The topological polar surface area (TPSA) is 20.2 Å². The Balaban J connectivity index is 2.15. The Morgan fingerprint density at radius 3 is 2.53 bits per heavy atom. The van der Waals surface area contributed by atoms with Crippen molar-refractivity contribution in [3.63, 3.8) is 0 Å². The average Bonchev–Trinajstić information content (AvgIpc) is 2.59. The van der Waals surface area contributed by atoms with Gasteiger partial charge in [-0.1, -0.05) is 36.4 Å². The molecule has 0 bridgehead atoms. The molecule has 2 aromatic carbocycles. The molecule has 1 N–H and O–H groups in total. The van der Waals surface area contributed by atoms with E-state index in [-0.39, 0.29) is 0 Å². The zero-order valence-electron chi connectivity index (χ0n) is 11.2. The van der Waals surface area contributed by atoms with Gasteiger partial charge in [0.1, 0.15) is 5.75 Å². The summed E-state index contributed by atoms with van der Waals surface area (Å²) in [6.07, 6.45) is 3.28. The molecule has 1 aliphatic carbocycles. The van der Waals surface area contributed by atoms with Crippen LogP contribution in [-0.4, -0.2) is 5.11 Å². The van der Waals surface area contributed by atoms with Crippen molar-refractivity contribution in [3.8, 4) is 5.75 Å². The van der Waals surface area contributed by atoms with Gasteiger partial charge < -0.3 is 5.11 Å². The third kappa shape index (κ3) is 2.28. The molecule has 0 saturated carbocycles. The molecule has 0 aliphatic heterocycles. The van der Waals surface area contributed by atoms with Crippen LogP contribution in [0.15, 0.2) is 48.5 Å². The first kappa shape index (κ1) is 12.0. The summed E-state index contributed by atoms with van der Waals surface area (Å²) < 4.78 is 0. The first-order valence-electron chi connectivity index (χ1n) is 6.83. The predicted octanol–water partition coefficient (Wildman–Crippen LogP) is 4.66. The fourth-order valence-corrected chi connectivity index (χ4v) is 2.96. The van der Waals surface area contributed by atoms with Crippen molar-refractivity contribution < 1.29 is 5.11 Å². The van der Waals surface area contributed by atoms with Crippen LogP contribution in [0.3, 0.4) is 0 Å². The molecule has 0 heterocycles. The Hall–Kier alpha value is -2.02. The fourth-order valence-electron chi connectivity index (χ4n) is 2.96. The Kier molecular flexibility index (Phi) is 3.12. The van der Waals surface area contributed by atoms with Crippen LogP contribution in [0.5, 0.6) is 5.75 Å². The normalized spacial score (nSPS) is 15.0. The zero-order chi connectivity index (χ0) is 13.2. The van der Waals surface area contributed by atoms with Gasteiger partial charge in [0.05, 0.1) is 0 Å². The molecule has 0 atom stereocenters. The predicted molar refractivity (Wildman–Crippen MR) is 80.0 cm³/mol. The number of hydrogen-bond acceptors (Lipinski definition) is 1. The second-order valence-electron chi connectivity index (χ2n) is 5.16. The summed E-state index contributed by atoms with van der Waals surface area (Å²) in [4.78, 5) is 0. The van der Waals surface area contributed by atoms with Gasteiger partial charge in [0.15, 0.2) is 0 Å². The summed E-state index contributed by atoms with van der Waals surface area (Å²) in [5.74, 6) is 0.370. The summed E-state index contributed by atoms with van der Waals surface area (Å²) in [6, 6.07) is 16.4. The van der Waals surface area contributed by atoms with E-state index in [1.54, 1.807) is 6.07 Å². The number of hydrogen-bond donors (Lipinski definition) is 1. The van der Waals surface area contributed by atoms with Gasteiger partial charge in [0.25, 0.3) is 0 Å². The Morgan fingerprint density at radius 2 is 1.74 bits per heavy atom. The molecular formula is C18H18O. The number of rotatable bonds is 1. The van der Waals surface area contributed by atoms with Gasteiger partial charge in [0.2, 0.25) is 0 Å². The van der Waals surface area contributed by atoms with Crippen LogP contribution in [0, 0.1) is 0 Å². The summed E-state index contributed by atoms with van der Waals surface area (Å²) in [6.45, 7) is 2.20. The average molecular weight is 250 g/mol. The number of aromatic hydroxyl groups is 1. The molecule has 0 spiro atoms. The van der Waals surface area contributed by atoms with E-state index in [9.17, 15) is 5.11 Å². The largest absolute Gasteiger partial charge is 0.508 e. The highest BCUT2D eigenvalue weighted by Gasteiger charge is 2.15. The Morgan fingerprint density at radius 1 is 0.947 bits per heavy atom. The summed E-state index contributed by atoms with van der Waals surface area (Å²) in [5, 5.41) is 9.63. The molecule has 0 saturated heterocycles. The van der Waals surface area contributed by atoms with Crippen LogP contribution in [0.4, 0.5) is 0 Å². The molecule has 19 heavy (non-hydrogen) atoms. The molecule has 0 unspecified atom stereocenters. The van der Waals surface area contributed by atoms with E-state index in [4.69, 9.17) is 0 Å². The van der Waals surface area contributed by atoms with E-state index < -0.39 is 0 Å². The first-order chi connectivity index (χ1) is 9.25. The van der Waals surface area contributed by atoms with E-state index >= 15 is 0 Å². The van der Waals surface area contributed by atoms with E-state index in [1.165, 1.54) is 27.8 Å². The first-order valence-corrected chi connectivity index (χ1v) is 6.83.